The lowest BCUT2D eigenvalue weighted by Gasteiger charge is -2.23. The van der Waals surface area contributed by atoms with E-state index in [4.69, 9.17) is 9.72 Å². The summed E-state index contributed by atoms with van der Waals surface area (Å²) in [4.78, 5) is 21.7. The lowest BCUT2D eigenvalue weighted by molar-refractivity contribution is -0.135. The number of nitrogens with zero attached hydrogens (tertiary/aromatic N) is 3. The Morgan fingerprint density at radius 1 is 1.27 bits per heavy atom. The number of hydrogen-bond donors (Lipinski definition) is 0. The Morgan fingerprint density at radius 2 is 2.04 bits per heavy atom. The van der Waals surface area contributed by atoms with E-state index >= 15 is 0 Å². The van der Waals surface area contributed by atoms with Gasteiger partial charge in [0.15, 0.2) is 5.13 Å². The minimum absolute atomic E-state index is 0.247. The van der Waals surface area contributed by atoms with Crippen molar-refractivity contribution in [2.24, 2.45) is 5.41 Å². The predicted molar refractivity (Wildman–Crippen MR) is 99.8 cm³/mol. The van der Waals surface area contributed by atoms with Gasteiger partial charge in [-0.25, -0.2) is 9.37 Å². The quantitative estimate of drug-likeness (QED) is 0.806. The highest BCUT2D eigenvalue weighted by molar-refractivity contribution is 7.14. The number of carbonyl (C=O) groups excluding carboxylic acids is 1. The SMILES string of the molecule is COCCN1CCC2(CCN(c3nc(-c4ccc(F)cc4)cs3)C2)C1=O. The molecule has 5 nitrogen and oxygen atoms in total. The van der Waals surface area contributed by atoms with Crippen molar-refractivity contribution in [3.8, 4) is 11.3 Å². The first kappa shape index (κ1) is 17.4. The molecular weight excluding hydrogens is 353 g/mol. The molecule has 7 heteroatoms. The summed E-state index contributed by atoms with van der Waals surface area (Å²) in [5, 5.41) is 2.93. The monoisotopic (exact) mass is 375 g/mol. The fourth-order valence-corrected chi connectivity index (χ4v) is 4.75. The molecule has 0 aliphatic carbocycles. The first-order valence-electron chi connectivity index (χ1n) is 8.86. The number of carbonyl (C=O) groups is 1. The van der Waals surface area contributed by atoms with Crippen molar-refractivity contribution >= 4 is 22.4 Å². The van der Waals surface area contributed by atoms with Crippen LogP contribution in [0.1, 0.15) is 12.8 Å². The summed E-state index contributed by atoms with van der Waals surface area (Å²) >= 11 is 1.58. The Bertz CT molecular complexity index is 794. The Hall–Kier alpha value is -1.99. The van der Waals surface area contributed by atoms with Crippen LogP contribution in [0.15, 0.2) is 29.6 Å². The Labute approximate surface area is 156 Å². The topological polar surface area (TPSA) is 45.7 Å². The number of amides is 1. The molecule has 0 bridgehead atoms. The zero-order valence-corrected chi connectivity index (χ0v) is 15.6. The number of anilines is 1. The van der Waals surface area contributed by atoms with Gasteiger partial charge in [0.05, 0.1) is 17.7 Å². The number of methoxy groups -OCH3 is 1. The number of thiazole rings is 1. The van der Waals surface area contributed by atoms with Crippen molar-refractivity contribution in [1.29, 1.82) is 0 Å². The summed E-state index contributed by atoms with van der Waals surface area (Å²) in [7, 11) is 1.66. The molecule has 1 atom stereocenters. The van der Waals surface area contributed by atoms with Crippen LogP contribution in [0.25, 0.3) is 11.3 Å². The predicted octanol–water partition coefficient (Wildman–Crippen LogP) is 3.02. The second-order valence-electron chi connectivity index (χ2n) is 7.01. The molecule has 1 amide bonds. The number of aromatic nitrogens is 1. The van der Waals surface area contributed by atoms with Gasteiger partial charge in [-0.3, -0.25) is 4.79 Å². The molecule has 138 valence electrons. The molecule has 0 radical (unpaired) electrons. The van der Waals surface area contributed by atoms with Gasteiger partial charge in [-0.05, 0) is 37.1 Å². The maximum atomic E-state index is 13.1. The fraction of sp³-hybridized carbons (Fsp3) is 0.474. The lowest BCUT2D eigenvalue weighted by Crippen LogP contribution is -2.38. The summed E-state index contributed by atoms with van der Waals surface area (Å²) in [6.07, 6.45) is 1.78. The van der Waals surface area contributed by atoms with E-state index in [0.717, 1.165) is 48.9 Å². The second-order valence-corrected chi connectivity index (χ2v) is 7.85. The molecule has 2 fully saturated rings. The van der Waals surface area contributed by atoms with E-state index in [-0.39, 0.29) is 17.1 Å². The van der Waals surface area contributed by atoms with Crippen LogP contribution in [0.4, 0.5) is 9.52 Å². The summed E-state index contributed by atoms with van der Waals surface area (Å²) < 4.78 is 18.2. The second kappa shape index (κ2) is 6.96. The largest absolute Gasteiger partial charge is 0.383 e. The third kappa shape index (κ3) is 3.10. The van der Waals surface area contributed by atoms with E-state index in [9.17, 15) is 9.18 Å². The van der Waals surface area contributed by atoms with Crippen LogP contribution in [-0.4, -0.2) is 55.7 Å². The number of rotatable bonds is 5. The summed E-state index contributed by atoms with van der Waals surface area (Å²) in [5.41, 5.74) is 1.49. The lowest BCUT2D eigenvalue weighted by atomic mass is 9.85. The van der Waals surface area contributed by atoms with Crippen molar-refractivity contribution in [3.05, 3.63) is 35.5 Å². The van der Waals surface area contributed by atoms with E-state index in [0.29, 0.717) is 13.2 Å². The van der Waals surface area contributed by atoms with Gasteiger partial charge in [0.1, 0.15) is 5.82 Å². The molecule has 1 aromatic heterocycles. The smallest absolute Gasteiger partial charge is 0.230 e. The van der Waals surface area contributed by atoms with Gasteiger partial charge in [0, 0.05) is 44.2 Å². The van der Waals surface area contributed by atoms with Gasteiger partial charge in [-0.2, -0.15) is 0 Å². The average molecular weight is 375 g/mol. The number of halogens is 1. The van der Waals surface area contributed by atoms with Crippen molar-refractivity contribution in [1.82, 2.24) is 9.88 Å². The number of ether oxygens (including phenoxy) is 1. The van der Waals surface area contributed by atoms with Crippen LogP contribution in [0.2, 0.25) is 0 Å². The molecule has 2 aliphatic rings. The summed E-state index contributed by atoms with van der Waals surface area (Å²) in [6.45, 7) is 3.64. The van der Waals surface area contributed by atoms with Crippen molar-refractivity contribution in [2.45, 2.75) is 12.8 Å². The molecule has 2 saturated heterocycles. The van der Waals surface area contributed by atoms with Crippen LogP contribution in [-0.2, 0) is 9.53 Å². The standard InChI is InChI=1S/C19H22FN3O2S/c1-25-11-10-22-8-6-19(17(22)24)7-9-23(13-19)18-21-16(12-26-18)14-2-4-15(20)5-3-14/h2-5,12H,6-11,13H2,1H3. The highest BCUT2D eigenvalue weighted by Crippen LogP contribution is 2.43. The van der Waals surface area contributed by atoms with Gasteiger partial charge in [-0.15, -0.1) is 11.3 Å². The minimum Gasteiger partial charge on any atom is -0.383 e. The number of hydrogen-bond acceptors (Lipinski definition) is 5. The zero-order chi connectivity index (χ0) is 18.1. The molecule has 26 heavy (non-hydrogen) atoms. The van der Waals surface area contributed by atoms with Gasteiger partial charge in [0.2, 0.25) is 5.91 Å². The maximum Gasteiger partial charge on any atom is 0.230 e. The highest BCUT2D eigenvalue weighted by Gasteiger charge is 2.50. The van der Waals surface area contributed by atoms with E-state index in [1.807, 2.05) is 10.3 Å². The van der Waals surface area contributed by atoms with Crippen LogP contribution in [0.3, 0.4) is 0 Å². The highest BCUT2D eigenvalue weighted by atomic mass is 32.1. The molecular formula is C19H22FN3O2S. The third-order valence-corrected chi connectivity index (χ3v) is 6.32. The molecule has 2 aliphatic heterocycles. The van der Waals surface area contributed by atoms with Crippen LogP contribution < -0.4 is 4.90 Å². The summed E-state index contributed by atoms with van der Waals surface area (Å²) in [5.74, 6) is 0.0100. The third-order valence-electron chi connectivity index (χ3n) is 5.42. The number of benzene rings is 1. The van der Waals surface area contributed by atoms with Crippen LogP contribution in [0.5, 0.6) is 0 Å². The molecule has 3 heterocycles. The van der Waals surface area contributed by atoms with E-state index in [1.165, 1.54) is 12.1 Å². The average Bonchev–Trinajstić information content (AvgIpc) is 3.36. The van der Waals surface area contributed by atoms with E-state index in [2.05, 4.69) is 4.90 Å². The Kier molecular flexibility index (Phi) is 4.67. The summed E-state index contributed by atoms with van der Waals surface area (Å²) in [6, 6.07) is 6.39. The molecule has 1 spiro atoms. The zero-order valence-electron chi connectivity index (χ0n) is 14.8. The van der Waals surface area contributed by atoms with Crippen LogP contribution in [0, 0.1) is 11.2 Å². The minimum atomic E-state index is -0.268. The van der Waals surface area contributed by atoms with Gasteiger partial charge >= 0.3 is 0 Å². The normalized spacial score (nSPS) is 22.8. The molecule has 0 N–H and O–H groups in total. The van der Waals surface area contributed by atoms with Gasteiger partial charge in [-0.1, -0.05) is 0 Å². The van der Waals surface area contributed by atoms with Gasteiger partial charge < -0.3 is 14.5 Å². The number of likely N-dealkylation sites (tertiary alicyclic amines) is 1. The van der Waals surface area contributed by atoms with Crippen LogP contribution >= 0.6 is 11.3 Å². The molecule has 2 aromatic rings. The van der Waals surface area contributed by atoms with E-state index < -0.39 is 0 Å². The Morgan fingerprint density at radius 3 is 2.81 bits per heavy atom. The van der Waals surface area contributed by atoms with Crippen molar-refractivity contribution in [3.63, 3.8) is 0 Å². The molecule has 1 unspecified atom stereocenters. The molecule has 1 aromatic carbocycles. The first-order valence-corrected chi connectivity index (χ1v) is 9.74. The Balaban J connectivity index is 1.46. The van der Waals surface area contributed by atoms with Gasteiger partial charge in [0.25, 0.3) is 0 Å². The molecule has 0 saturated carbocycles. The van der Waals surface area contributed by atoms with Crippen molar-refractivity contribution < 1.29 is 13.9 Å². The van der Waals surface area contributed by atoms with E-state index in [1.54, 1.807) is 30.6 Å². The van der Waals surface area contributed by atoms with Crippen molar-refractivity contribution in [2.75, 3.05) is 44.8 Å². The molecule has 4 rings (SSSR count). The first-order chi connectivity index (χ1) is 12.6. The maximum absolute atomic E-state index is 13.1. The fourth-order valence-electron chi connectivity index (χ4n) is 3.88.